The third-order valence-electron chi connectivity index (χ3n) is 1.81. The summed E-state index contributed by atoms with van der Waals surface area (Å²) < 4.78 is 23.5. The summed E-state index contributed by atoms with van der Waals surface area (Å²) in [4.78, 5) is 25.3. The first-order valence-corrected chi connectivity index (χ1v) is 5.84. The van der Waals surface area contributed by atoms with Gasteiger partial charge in [-0.15, -0.1) is 11.3 Å². The SMILES string of the molecule is O=C(NCCc1nc(C(=O)O)cs1)NCC(F)F. The Balaban J connectivity index is 2.24. The third kappa shape index (κ3) is 5.04. The average molecular weight is 279 g/mol. The normalized spacial score (nSPS) is 10.4. The van der Waals surface area contributed by atoms with Gasteiger partial charge in [-0.2, -0.15) is 0 Å². The van der Waals surface area contributed by atoms with Gasteiger partial charge in [-0.1, -0.05) is 0 Å². The minimum absolute atomic E-state index is 0.0443. The number of nitrogens with one attached hydrogen (secondary N) is 2. The molecule has 0 bridgehead atoms. The van der Waals surface area contributed by atoms with Crippen LogP contribution in [0.25, 0.3) is 0 Å². The Labute approximate surface area is 105 Å². The van der Waals surface area contributed by atoms with Gasteiger partial charge in [0.05, 0.1) is 11.6 Å². The number of carboxylic acid groups (broad SMARTS) is 1. The summed E-state index contributed by atoms with van der Waals surface area (Å²) in [7, 11) is 0. The van der Waals surface area contributed by atoms with Crippen LogP contribution in [0.5, 0.6) is 0 Å². The second-order valence-electron chi connectivity index (χ2n) is 3.21. The second kappa shape index (κ2) is 6.84. The molecule has 0 aliphatic carbocycles. The van der Waals surface area contributed by atoms with Crippen molar-refractivity contribution in [2.24, 2.45) is 0 Å². The lowest BCUT2D eigenvalue weighted by atomic mass is 10.4. The molecule has 9 heteroatoms. The highest BCUT2D eigenvalue weighted by Gasteiger charge is 2.09. The molecular weight excluding hydrogens is 268 g/mol. The van der Waals surface area contributed by atoms with Gasteiger partial charge >= 0.3 is 12.0 Å². The maximum atomic E-state index is 11.8. The number of halogens is 2. The Morgan fingerprint density at radius 1 is 1.44 bits per heavy atom. The Kier molecular flexibility index (Phi) is 5.43. The van der Waals surface area contributed by atoms with E-state index in [-0.39, 0.29) is 12.2 Å². The lowest BCUT2D eigenvalue weighted by Gasteiger charge is -2.05. The van der Waals surface area contributed by atoms with Crippen molar-refractivity contribution in [3.8, 4) is 0 Å². The first-order chi connectivity index (χ1) is 8.49. The van der Waals surface area contributed by atoms with Gasteiger partial charge in [0.15, 0.2) is 5.69 Å². The molecule has 0 aliphatic rings. The molecule has 0 fully saturated rings. The number of thiazole rings is 1. The van der Waals surface area contributed by atoms with Crippen molar-refractivity contribution in [3.05, 3.63) is 16.1 Å². The van der Waals surface area contributed by atoms with Crippen molar-refractivity contribution >= 4 is 23.3 Å². The largest absolute Gasteiger partial charge is 0.476 e. The average Bonchev–Trinajstić information content (AvgIpc) is 2.75. The topological polar surface area (TPSA) is 91.3 Å². The van der Waals surface area contributed by atoms with Crippen molar-refractivity contribution in [1.29, 1.82) is 0 Å². The van der Waals surface area contributed by atoms with Crippen molar-refractivity contribution in [2.75, 3.05) is 13.1 Å². The molecule has 6 nitrogen and oxygen atoms in total. The number of aromatic carboxylic acids is 1. The highest BCUT2D eigenvalue weighted by Crippen LogP contribution is 2.09. The summed E-state index contributed by atoms with van der Waals surface area (Å²) in [5.74, 6) is -1.11. The Bertz CT molecular complexity index is 425. The molecule has 18 heavy (non-hydrogen) atoms. The molecule has 2 amide bonds. The molecule has 1 heterocycles. The fraction of sp³-hybridized carbons (Fsp3) is 0.444. The molecule has 100 valence electrons. The summed E-state index contributed by atoms with van der Waals surface area (Å²) in [5, 5.41) is 14.9. The molecule has 0 aliphatic heterocycles. The summed E-state index contributed by atoms with van der Waals surface area (Å²) in [6, 6.07) is -0.690. The number of carbonyl (C=O) groups excluding carboxylic acids is 1. The molecule has 0 aromatic carbocycles. The van der Waals surface area contributed by atoms with E-state index in [0.29, 0.717) is 11.4 Å². The zero-order chi connectivity index (χ0) is 13.5. The summed E-state index contributed by atoms with van der Waals surface area (Å²) in [6.07, 6.45) is -2.24. The third-order valence-corrected chi connectivity index (χ3v) is 2.72. The molecule has 0 atom stereocenters. The van der Waals surface area contributed by atoms with Gasteiger partial charge in [-0.3, -0.25) is 0 Å². The molecule has 0 saturated carbocycles. The number of carboxylic acids is 1. The molecule has 3 N–H and O–H groups in total. The van der Waals surface area contributed by atoms with Gasteiger partial charge in [0.1, 0.15) is 0 Å². The van der Waals surface area contributed by atoms with Crippen LogP contribution in [0.3, 0.4) is 0 Å². The smallest absolute Gasteiger partial charge is 0.355 e. The number of aromatic nitrogens is 1. The fourth-order valence-corrected chi connectivity index (χ4v) is 1.81. The highest BCUT2D eigenvalue weighted by atomic mass is 32.1. The van der Waals surface area contributed by atoms with Crippen molar-refractivity contribution in [1.82, 2.24) is 15.6 Å². The minimum atomic E-state index is -2.59. The van der Waals surface area contributed by atoms with Crippen molar-refractivity contribution in [3.63, 3.8) is 0 Å². The van der Waals surface area contributed by atoms with E-state index in [2.05, 4.69) is 10.3 Å². The van der Waals surface area contributed by atoms with Crippen molar-refractivity contribution < 1.29 is 23.5 Å². The van der Waals surface area contributed by atoms with Gasteiger partial charge in [0, 0.05) is 18.3 Å². The molecule has 1 rings (SSSR count). The molecule has 0 saturated heterocycles. The molecule has 0 spiro atoms. The van der Waals surface area contributed by atoms with Gasteiger partial charge in [-0.05, 0) is 0 Å². The Morgan fingerprint density at radius 2 is 2.17 bits per heavy atom. The van der Waals surface area contributed by atoms with E-state index >= 15 is 0 Å². The van der Waals surface area contributed by atoms with Gasteiger partial charge in [0.25, 0.3) is 6.43 Å². The van der Waals surface area contributed by atoms with Crippen LogP contribution in [-0.4, -0.2) is 41.6 Å². The summed E-state index contributed by atoms with van der Waals surface area (Å²) in [6.45, 7) is -0.506. The fourth-order valence-electron chi connectivity index (χ4n) is 1.04. The molecular formula is C9H11F2N3O3S. The molecule has 1 aromatic rings. The number of alkyl halides is 2. The van der Waals surface area contributed by atoms with Crippen LogP contribution in [0.2, 0.25) is 0 Å². The highest BCUT2D eigenvalue weighted by molar-refractivity contribution is 7.09. The standard InChI is InChI=1S/C9H11F2N3O3S/c10-6(11)3-13-9(17)12-2-1-7-14-5(4-18-7)8(15)16/h4,6H,1-3H2,(H,15,16)(H2,12,13,17). The first-order valence-electron chi connectivity index (χ1n) is 4.96. The molecule has 0 unspecified atom stereocenters. The van der Waals surface area contributed by atoms with E-state index in [1.165, 1.54) is 5.38 Å². The lowest BCUT2D eigenvalue weighted by molar-refractivity contribution is 0.0691. The van der Waals surface area contributed by atoms with E-state index in [9.17, 15) is 18.4 Å². The number of carbonyl (C=O) groups is 2. The van der Waals surface area contributed by atoms with Crippen LogP contribution in [0, 0.1) is 0 Å². The van der Waals surface area contributed by atoms with Gasteiger partial charge < -0.3 is 15.7 Å². The van der Waals surface area contributed by atoms with E-state index in [1.54, 1.807) is 0 Å². The zero-order valence-corrected chi connectivity index (χ0v) is 9.97. The van der Waals surface area contributed by atoms with Crippen LogP contribution in [-0.2, 0) is 6.42 Å². The monoisotopic (exact) mass is 279 g/mol. The first kappa shape index (κ1) is 14.3. The summed E-state index contributed by atoms with van der Waals surface area (Å²) in [5.41, 5.74) is -0.0443. The van der Waals surface area contributed by atoms with Crippen LogP contribution < -0.4 is 10.6 Å². The lowest BCUT2D eigenvalue weighted by Crippen LogP contribution is -2.38. The Morgan fingerprint density at radius 3 is 2.72 bits per heavy atom. The van der Waals surface area contributed by atoms with E-state index < -0.39 is 25.0 Å². The number of rotatable bonds is 6. The van der Waals surface area contributed by atoms with Crippen LogP contribution >= 0.6 is 11.3 Å². The number of amides is 2. The predicted octanol–water partition coefficient (Wildman–Crippen LogP) is 0.948. The number of urea groups is 1. The van der Waals surface area contributed by atoms with E-state index in [4.69, 9.17) is 5.11 Å². The van der Waals surface area contributed by atoms with Gasteiger partial charge in [-0.25, -0.2) is 23.4 Å². The molecule has 0 radical (unpaired) electrons. The molecule has 1 aromatic heterocycles. The maximum Gasteiger partial charge on any atom is 0.355 e. The van der Waals surface area contributed by atoms with Crippen LogP contribution in [0.4, 0.5) is 13.6 Å². The van der Waals surface area contributed by atoms with Gasteiger partial charge in [0.2, 0.25) is 0 Å². The number of nitrogens with zero attached hydrogens (tertiary/aromatic N) is 1. The van der Waals surface area contributed by atoms with Crippen LogP contribution in [0.1, 0.15) is 15.5 Å². The number of hydrogen-bond donors (Lipinski definition) is 3. The van der Waals surface area contributed by atoms with Crippen LogP contribution in [0.15, 0.2) is 5.38 Å². The predicted molar refractivity (Wildman–Crippen MR) is 60.2 cm³/mol. The minimum Gasteiger partial charge on any atom is -0.476 e. The maximum absolute atomic E-state index is 11.8. The van der Waals surface area contributed by atoms with E-state index in [0.717, 1.165) is 11.3 Å². The Hall–Kier alpha value is -1.77. The summed E-state index contributed by atoms with van der Waals surface area (Å²) >= 11 is 1.16. The zero-order valence-electron chi connectivity index (χ0n) is 9.15. The second-order valence-corrected chi connectivity index (χ2v) is 4.15. The van der Waals surface area contributed by atoms with E-state index in [1.807, 2.05) is 5.32 Å². The van der Waals surface area contributed by atoms with Crippen molar-refractivity contribution in [2.45, 2.75) is 12.8 Å². The quantitative estimate of drug-likeness (QED) is 0.723. The number of hydrogen-bond acceptors (Lipinski definition) is 4.